The Bertz CT molecular complexity index is 488. The summed E-state index contributed by atoms with van der Waals surface area (Å²) < 4.78 is 39.9. The highest BCUT2D eigenvalue weighted by Crippen LogP contribution is 2.18. The first-order chi connectivity index (χ1) is 8.38. The van der Waals surface area contributed by atoms with Gasteiger partial charge in [0.25, 0.3) is 0 Å². The summed E-state index contributed by atoms with van der Waals surface area (Å²) >= 11 is 0. The van der Waals surface area contributed by atoms with Crippen molar-refractivity contribution in [3.05, 3.63) is 29.6 Å². The van der Waals surface area contributed by atoms with Gasteiger partial charge < -0.3 is 4.74 Å². The van der Waals surface area contributed by atoms with E-state index >= 15 is 0 Å². The first-order valence-corrected chi connectivity index (χ1v) is 8.17. The molecule has 0 spiro atoms. The van der Waals surface area contributed by atoms with E-state index in [4.69, 9.17) is 15.4 Å². The maximum Gasteiger partial charge on any atom is 0.232 e. The van der Waals surface area contributed by atoms with Crippen molar-refractivity contribution in [2.24, 2.45) is 0 Å². The van der Waals surface area contributed by atoms with Crippen molar-refractivity contribution in [2.75, 3.05) is 12.4 Å². The lowest BCUT2D eigenvalue weighted by Gasteiger charge is -2.07. The number of unbranched alkanes of at least 4 members (excludes halogenated alkanes) is 2. The molecule has 0 amide bonds. The van der Waals surface area contributed by atoms with E-state index in [1.54, 1.807) is 12.1 Å². The molecule has 0 saturated carbocycles. The lowest BCUT2D eigenvalue weighted by Crippen LogP contribution is -2.02. The molecule has 18 heavy (non-hydrogen) atoms. The molecule has 0 aliphatic rings. The molecule has 0 fully saturated rings. The smallest absolute Gasteiger partial charge is 0.232 e. The largest absolute Gasteiger partial charge is 0.491 e. The molecule has 0 aliphatic carbocycles. The van der Waals surface area contributed by atoms with Crippen LogP contribution in [0.1, 0.15) is 24.8 Å². The van der Waals surface area contributed by atoms with Gasteiger partial charge in [-0.05, 0) is 43.9 Å². The normalized spacial score (nSPS) is 11.5. The van der Waals surface area contributed by atoms with E-state index in [1.807, 2.05) is 6.92 Å². The third kappa shape index (κ3) is 6.21. The van der Waals surface area contributed by atoms with Crippen molar-refractivity contribution < 1.29 is 17.5 Å². The zero-order valence-electron chi connectivity index (χ0n) is 10.2. The van der Waals surface area contributed by atoms with Crippen LogP contribution in [-0.2, 0) is 9.05 Å². The maximum atomic E-state index is 13.3. The number of ether oxygens (including phenoxy) is 1. The summed E-state index contributed by atoms with van der Waals surface area (Å²) in [6, 6.07) is 4.68. The van der Waals surface area contributed by atoms with Gasteiger partial charge in [-0.3, -0.25) is 0 Å². The third-order valence-electron chi connectivity index (χ3n) is 2.38. The summed E-state index contributed by atoms with van der Waals surface area (Å²) in [6.45, 7) is 2.22. The third-order valence-corrected chi connectivity index (χ3v) is 3.62. The number of halogens is 2. The van der Waals surface area contributed by atoms with Crippen LogP contribution >= 0.6 is 10.7 Å². The minimum Gasteiger partial charge on any atom is -0.491 e. The fourth-order valence-corrected chi connectivity index (χ4v) is 2.33. The van der Waals surface area contributed by atoms with E-state index in [0.717, 1.165) is 5.56 Å². The van der Waals surface area contributed by atoms with Gasteiger partial charge in [0.15, 0.2) is 11.6 Å². The van der Waals surface area contributed by atoms with E-state index in [2.05, 4.69) is 0 Å². The van der Waals surface area contributed by atoms with Crippen LogP contribution in [0.3, 0.4) is 0 Å². The molecule has 0 aliphatic heterocycles. The predicted molar refractivity (Wildman–Crippen MR) is 70.1 cm³/mol. The van der Waals surface area contributed by atoms with Gasteiger partial charge in [-0.15, -0.1) is 0 Å². The first kappa shape index (κ1) is 15.2. The van der Waals surface area contributed by atoms with Crippen molar-refractivity contribution in [1.82, 2.24) is 0 Å². The molecule has 6 heteroatoms. The Balaban J connectivity index is 2.24. The minimum absolute atomic E-state index is 0.0344. The second-order valence-corrected chi connectivity index (χ2v) is 6.98. The molecule has 1 aromatic carbocycles. The van der Waals surface area contributed by atoms with Crippen LogP contribution in [0.5, 0.6) is 5.75 Å². The van der Waals surface area contributed by atoms with Crippen LogP contribution in [-0.4, -0.2) is 20.8 Å². The van der Waals surface area contributed by atoms with Crippen molar-refractivity contribution >= 4 is 19.7 Å². The zero-order valence-corrected chi connectivity index (χ0v) is 11.7. The van der Waals surface area contributed by atoms with Crippen LogP contribution < -0.4 is 4.74 Å². The summed E-state index contributed by atoms with van der Waals surface area (Å²) in [5.74, 6) is -0.184. The molecule has 0 bridgehead atoms. The molecule has 0 N–H and O–H groups in total. The van der Waals surface area contributed by atoms with E-state index in [-0.39, 0.29) is 17.3 Å². The maximum absolute atomic E-state index is 13.3. The fourth-order valence-electron chi connectivity index (χ4n) is 1.46. The van der Waals surface area contributed by atoms with E-state index in [9.17, 15) is 12.8 Å². The molecule has 0 atom stereocenters. The van der Waals surface area contributed by atoms with Crippen molar-refractivity contribution in [2.45, 2.75) is 26.2 Å². The highest BCUT2D eigenvalue weighted by Gasteiger charge is 2.05. The number of rotatable bonds is 7. The highest BCUT2D eigenvalue weighted by molar-refractivity contribution is 8.13. The van der Waals surface area contributed by atoms with Gasteiger partial charge >= 0.3 is 0 Å². The summed E-state index contributed by atoms with van der Waals surface area (Å²) in [5.41, 5.74) is 0.930. The van der Waals surface area contributed by atoms with Gasteiger partial charge in [-0.25, -0.2) is 12.8 Å². The van der Waals surface area contributed by atoms with Crippen LogP contribution in [0, 0.1) is 12.7 Å². The standard InChI is InChI=1S/C12H16ClFO3S/c1-10-5-6-11(14)12(9-10)17-7-3-2-4-8-18(13,15)16/h5-6,9H,2-4,7-8H2,1H3. The van der Waals surface area contributed by atoms with Gasteiger partial charge in [0, 0.05) is 10.7 Å². The summed E-state index contributed by atoms with van der Waals surface area (Å²) in [7, 11) is 1.67. The Morgan fingerprint density at radius 2 is 2.00 bits per heavy atom. The van der Waals surface area contributed by atoms with Crippen molar-refractivity contribution in [3.8, 4) is 5.75 Å². The van der Waals surface area contributed by atoms with Gasteiger partial charge in [0.2, 0.25) is 9.05 Å². The Hall–Kier alpha value is -0.810. The zero-order chi connectivity index (χ0) is 13.6. The minimum atomic E-state index is -3.40. The number of aryl methyl sites for hydroxylation is 1. The van der Waals surface area contributed by atoms with Gasteiger partial charge in [0.1, 0.15) is 0 Å². The summed E-state index contributed by atoms with van der Waals surface area (Å²) in [6.07, 6.45) is 1.84. The first-order valence-electron chi connectivity index (χ1n) is 5.70. The van der Waals surface area contributed by atoms with E-state index < -0.39 is 9.05 Å². The molecular formula is C12H16ClFO3S. The van der Waals surface area contributed by atoms with Gasteiger partial charge in [0.05, 0.1) is 12.4 Å². The topological polar surface area (TPSA) is 43.4 Å². The molecule has 0 aromatic heterocycles. The molecule has 1 aromatic rings. The summed E-state index contributed by atoms with van der Waals surface area (Å²) in [4.78, 5) is 0. The quantitative estimate of drug-likeness (QED) is 0.573. The van der Waals surface area contributed by atoms with Crippen molar-refractivity contribution in [1.29, 1.82) is 0 Å². The average molecular weight is 295 g/mol. The Labute approximate surface area is 111 Å². The monoisotopic (exact) mass is 294 g/mol. The molecule has 102 valence electrons. The fraction of sp³-hybridized carbons (Fsp3) is 0.500. The van der Waals surface area contributed by atoms with E-state index in [0.29, 0.717) is 25.9 Å². The molecular weight excluding hydrogens is 279 g/mol. The molecule has 3 nitrogen and oxygen atoms in total. The molecule has 0 heterocycles. The van der Waals surface area contributed by atoms with Crippen LogP contribution in [0.25, 0.3) is 0 Å². The Morgan fingerprint density at radius 3 is 2.67 bits per heavy atom. The Morgan fingerprint density at radius 1 is 1.28 bits per heavy atom. The SMILES string of the molecule is Cc1ccc(F)c(OCCCCCS(=O)(=O)Cl)c1. The molecule has 0 saturated heterocycles. The molecule has 0 radical (unpaired) electrons. The lowest BCUT2D eigenvalue weighted by atomic mass is 10.2. The predicted octanol–water partition coefficient (Wildman–Crippen LogP) is 3.25. The molecule has 1 rings (SSSR count). The highest BCUT2D eigenvalue weighted by atomic mass is 35.7. The second kappa shape index (κ2) is 6.95. The van der Waals surface area contributed by atoms with Crippen LogP contribution in [0.2, 0.25) is 0 Å². The lowest BCUT2D eigenvalue weighted by molar-refractivity contribution is 0.291. The van der Waals surface area contributed by atoms with E-state index in [1.165, 1.54) is 6.07 Å². The van der Waals surface area contributed by atoms with Crippen molar-refractivity contribution in [3.63, 3.8) is 0 Å². The Kier molecular flexibility index (Phi) is 5.88. The number of hydrogen-bond acceptors (Lipinski definition) is 3. The number of benzene rings is 1. The van der Waals surface area contributed by atoms with Gasteiger partial charge in [-0.1, -0.05) is 6.07 Å². The van der Waals surface area contributed by atoms with Crippen LogP contribution in [0.15, 0.2) is 18.2 Å². The summed E-state index contributed by atoms with van der Waals surface area (Å²) in [5, 5.41) is 0. The average Bonchev–Trinajstić information content (AvgIpc) is 2.26. The number of hydrogen-bond donors (Lipinski definition) is 0. The second-order valence-electron chi connectivity index (χ2n) is 4.09. The van der Waals surface area contributed by atoms with Crippen LogP contribution in [0.4, 0.5) is 4.39 Å². The van der Waals surface area contributed by atoms with Gasteiger partial charge in [-0.2, -0.15) is 0 Å². The molecule has 0 unspecified atom stereocenters.